The lowest BCUT2D eigenvalue weighted by Gasteiger charge is -2.41. The second-order valence-electron chi connectivity index (χ2n) is 10.6. The molecule has 5 N–H and O–H groups in total. The van der Waals surface area contributed by atoms with Crippen molar-refractivity contribution in [3.63, 3.8) is 0 Å². The molecule has 2 aromatic carbocycles. The maximum Gasteiger partial charge on any atom is 0.348 e. The molecule has 4 aromatic rings. The monoisotopic (exact) mass is 519 g/mol. The minimum absolute atomic E-state index is 0.0655. The summed E-state index contributed by atoms with van der Waals surface area (Å²) in [6.45, 7) is 8.57. The standard InChI is InChI=1S/C28H37N7O3/c1-16(2)24(17(3)4)25(29)28(30,27(37)38-6)35-15-31-21-13-18(11-12-22(21)35)26(36)34(5)14-23-32-19-9-7-8-10-20(19)33-23/h7-13,15-17,24-25H,14,29-30H2,1-6H3,(H,32,33). The van der Waals surface area contributed by atoms with E-state index in [1.54, 1.807) is 34.7 Å². The van der Waals surface area contributed by atoms with Crippen molar-refractivity contribution in [2.24, 2.45) is 29.2 Å². The predicted molar refractivity (Wildman–Crippen MR) is 147 cm³/mol. The quantitative estimate of drug-likeness (QED) is 0.288. The number of carbonyl (C=O) groups excluding carboxylic acids is 2. The van der Waals surface area contributed by atoms with Crippen LogP contribution in [0.4, 0.5) is 0 Å². The highest BCUT2D eigenvalue weighted by atomic mass is 16.5. The Hall–Kier alpha value is -3.76. The second-order valence-corrected chi connectivity index (χ2v) is 10.6. The molecule has 0 aliphatic heterocycles. The number of aromatic amines is 1. The number of hydrogen-bond acceptors (Lipinski definition) is 7. The second kappa shape index (κ2) is 10.5. The molecule has 2 atom stereocenters. The average molecular weight is 520 g/mol. The van der Waals surface area contributed by atoms with E-state index in [0.29, 0.717) is 29.0 Å². The zero-order valence-electron chi connectivity index (χ0n) is 22.8. The molecular formula is C28H37N7O3. The van der Waals surface area contributed by atoms with Crippen molar-refractivity contribution in [1.82, 2.24) is 24.4 Å². The van der Waals surface area contributed by atoms with Gasteiger partial charge in [0.1, 0.15) is 5.82 Å². The topological polar surface area (TPSA) is 145 Å². The summed E-state index contributed by atoms with van der Waals surface area (Å²) in [6, 6.07) is 12.1. The van der Waals surface area contributed by atoms with Crippen LogP contribution in [0.1, 0.15) is 43.9 Å². The Morgan fingerprint density at radius 2 is 1.79 bits per heavy atom. The van der Waals surface area contributed by atoms with Gasteiger partial charge in [-0.3, -0.25) is 10.5 Å². The molecule has 2 unspecified atom stereocenters. The molecule has 202 valence electrons. The van der Waals surface area contributed by atoms with Crippen LogP contribution in [-0.2, 0) is 21.7 Å². The number of nitrogens with one attached hydrogen (secondary N) is 1. The first kappa shape index (κ1) is 27.3. The van der Waals surface area contributed by atoms with Gasteiger partial charge in [0.2, 0.25) is 5.66 Å². The molecule has 10 nitrogen and oxygen atoms in total. The molecule has 0 aliphatic rings. The zero-order valence-corrected chi connectivity index (χ0v) is 22.8. The number of fused-ring (bicyclic) bond motifs is 2. The molecule has 2 heterocycles. The summed E-state index contributed by atoms with van der Waals surface area (Å²) in [6.07, 6.45) is 1.49. The number of ether oxygens (including phenoxy) is 1. The number of hydrogen-bond donors (Lipinski definition) is 3. The Balaban J connectivity index is 1.65. The number of amides is 1. The highest BCUT2D eigenvalue weighted by Crippen LogP contribution is 2.33. The number of nitrogens with two attached hydrogens (primary N) is 2. The molecule has 0 aliphatic carbocycles. The zero-order chi connectivity index (χ0) is 27.8. The Morgan fingerprint density at radius 1 is 1.11 bits per heavy atom. The fraction of sp³-hybridized carbons (Fsp3) is 0.429. The highest BCUT2D eigenvalue weighted by Gasteiger charge is 2.49. The third-order valence-electron chi connectivity index (χ3n) is 7.34. The number of para-hydroxylation sites is 2. The summed E-state index contributed by atoms with van der Waals surface area (Å²) in [5.41, 5.74) is 15.2. The molecule has 2 aromatic heterocycles. The van der Waals surface area contributed by atoms with E-state index < -0.39 is 17.7 Å². The van der Waals surface area contributed by atoms with Crippen molar-refractivity contribution in [2.45, 2.75) is 45.9 Å². The van der Waals surface area contributed by atoms with Gasteiger partial charge in [0.25, 0.3) is 5.91 Å². The third kappa shape index (κ3) is 4.77. The molecule has 4 rings (SSSR count). The van der Waals surface area contributed by atoms with Gasteiger partial charge in [0.05, 0.1) is 48.1 Å². The average Bonchev–Trinajstić information content (AvgIpc) is 3.50. The minimum atomic E-state index is -1.69. The van der Waals surface area contributed by atoms with Gasteiger partial charge in [-0.25, -0.2) is 14.8 Å². The number of carbonyl (C=O) groups is 2. The number of rotatable bonds is 9. The van der Waals surface area contributed by atoms with E-state index in [0.717, 1.165) is 11.0 Å². The fourth-order valence-electron chi connectivity index (χ4n) is 5.49. The van der Waals surface area contributed by atoms with Crippen LogP contribution in [0.2, 0.25) is 0 Å². The Labute approximate surface area is 222 Å². The summed E-state index contributed by atoms with van der Waals surface area (Å²) >= 11 is 0. The van der Waals surface area contributed by atoms with Crippen LogP contribution in [0.15, 0.2) is 48.8 Å². The summed E-state index contributed by atoms with van der Waals surface area (Å²) in [5.74, 6) is 0.144. The maximum absolute atomic E-state index is 13.2. The van der Waals surface area contributed by atoms with Gasteiger partial charge in [-0.15, -0.1) is 0 Å². The Bertz CT molecular complexity index is 1420. The number of esters is 1. The predicted octanol–water partition coefficient (Wildman–Crippen LogP) is 3.22. The van der Waals surface area contributed by atoms with Crippen LogP contribution in [0.5, 0.6) is 0 Å². The van der Waals surface area contributed by atoms with Gasteiger partial charge in [-0.05, 0) is 48.1 Å². The van der Waals surface area contributed by atoms with Crippen molar-refractivity contribution in [2.75, 3.05) is 14.2 Å². The summed E-state index contributed by atoms with van der Waals surface area (Å²) < 4.78 is 6.70. The van der Waals surface area contributed by atoms with Crippen molar-refractivity contribution >= 4 is 33.9 Å². The van der Waals surface area contributed by atoms with E-state index in [1.165, 1.54) is 13.4 Å². The molecule has 10 heteroatoms. The Kier molecular flexibility index (Phi) is 7.57. The normalized spacial score (nSPS) is 14.4. The van der Waals surface area contributed by atoms with E-state index in [-0.39, 0.29) is 23.7 Å². The van der Waals surface area contributed by atoms with Crippen LogP contribution < -0.4 is 11.5 Å². The van der Waals surface area contributed by atoms with Crippen LogP contribution in [0.3, 0.4) is 0 Å². The van der Waals surface area contributed by atoms with Crippen LogP contribution in [0, 0.1) is 17.8 Å². The fourth-order valence-corrected chi connectivity index (χ4v) is 5.49. The summed E-state index contributed by atoms with van der Waals surface area (Å²) in [7, 11) is 3.02. The van der Waals surface area contributed by atoms with E-state index in [2.05, 4.69) is 42.6 Å². The number of methoxy groups -OCH3 is 1. The molecule has 0 bridgehead atoms. The molecule has 0 saturated heterocycles. The van der Waals surface area contributed by atoms with Crippen molar-refractivity contribution in [3.05, 3.63) is 60.2 Å². The highest BCUT2D eigenvalue weighted by molar-refractivity contribution is 5.97. The number of nitrogens with zero attached hydrogens (tertiary/aromatic N) is 4. The molecular weight excluding hydrogens is 482 g/mol. The van der Waals surface area contributed by atoms with Gasteiger partial charge in [-0.1, -0.05) is 39.8 Å². The minimum Gasteiger partial charge on any atom is -0.466 e. The van der Waals surface area contributed by atoms with E-state index in [9.17, 15) is 9.59 Å². The summed E-state index contributed by atoms with van der Waals surface area (Å²) in [4.78, 5) is 40.2. The molecule has 0 saturated carbocycles. The molecule has 38 heavy (non-hydrogen) atoms. The van der Waals surface area contributed by atoms with Crippen molar-refractivity contribution < 1.29 is 14.3 Å². The smallest absolute Gasteiger partial charge is 0.348 e. The largest absolute Gasteiger partial charge is 0.466 e. The lowest BCUT2D eigenvalue weighted by molar-refractivity contribution is -0.153. The number of H-pyrrole nitrogens is 1. The lowest BCUT2D eigenvalue weighted by atomic mass is 9.75. The lowest BCUT2D eigenvalue weighted by Crippen LogP contribution is -2.66. The molecule has 1 amide bonds. The first-order chi connectivity index (χ1) is 18.0. The van der Waals surface area contributed by atoms with Gasteiger partial charge >= 0.3 is 5.97 Å². The van der Waals surface area contributed by atoms with Gasteiger partial charge < -0.3 is 24.9 Å². The van der Waals surface area contributed by atoms with Gasteiger partial charge in [-0.2, -0.15) is 0 Å². The Morgan fingerprint density at radius 3 is 2.42 bits per heavy atom. The molecule has 0 fully saturated rings. The number of benzene rings is 2. The van der Waals surface area contributed by atoms with Crippen LogP contribution in [-0.4, -0.2) is 56.5 Å². The van der Waals surface area contributed by atoms with Crippen LogP contribution in [0.25, 0.3) is 22.1 Å². The SMILES string of the molecule is COC(=O)C(N)(C(N)C(C(C)C)C(C)C)n1cnc2cc(C(=O)N(C)Cc3nc4ccccc4[nH]3)ccc21. The first-order valence-electron chi connectivity index (χ1n) is 12.8. The first-order valence-corrected chi connectivity index (χ1v) is 12.8. The van der Waals surface area contributed by atoms with Gasteiger partial charge in [0.15, 0.2) is 0 Å². The van der Waals surface area contributed by atoms with Gasteiger partial charge in [0, 0.05) is 12.6 Å². The van der Waals surface area contributed by atoms with Crippen molar-refractivity contribution in [3.8, 4) is 0 Å². The van der Waals surface area contributed by atoms with Crippen molar-refractivity contribution in [1.29, 1.82) is 0 Å². The number of aromatic nitrogens is 4. The summed E-state index contributed by atoms with van der Waals surface area (Å²) in [5, 5.41) is 0. The van der Waals surface area contributed by atoms with Crippen LogP contribution >= 0.6 is 0 Å². The number of imidazole rings is 2. The van der Waals surface area contributed by atoms with E-state index in [1.807, 2.05) is 24.3 Å². The molecule has 0 spiro atoms. The third-order valence-corrected chi connectivity index (χ3v) is 7.34. The molecule has 0 radical (unpaired) electrons. The van der Waals surface area contributed by atoms with E-state index >= 15 is 0 Å². The maximum atomic E-state index is 13.2. The van der Waals surface area contributed by atoms with E-state index in [4.69, 9.17) is 16.2 Å².